The number of hydrogen-bond acceptors (Lipinski definition) is 2. The maximum absolute atomic E-state index is 9.52. The lowest BCUT2D eigenvalue weighted by Gasteiger charge is -2.31. The second kappa shape index (κ2) is 3.11. The van der Waals surface area contributed by atoms with Crippen molar-refractivity contribution in [3.8, 4) is 0 Å². The maximum atomic E-state index is 9.52. The molecule has 2 heterocycles. The fourth-order valence-corrected chi connectivity index (χ4v) is 2.14. The number of rotatable bonds is 0. The number of ether oxygens (including phenoxy) is 1. The Balaban J connectivity index is 2.00. The summed E-state index contributed by atoms with van der Waals surface area (Å²) in [4.78, 5) is 0. The molecule has 2 fully saturated rings. The number of aliphatic hydroxyl groups is 1. The number of aliphatic hydroxyl groups excluding tert-OH is 1. The van der Waals surface area contributed by atoms with Crippen molar-refractivity contribution >= 4 is 0 Å². The van der Waals surface area contributed by atoms with E-state index in [1.807, 2.05) is 0 Å². The summed E-state index contributed by atoms with van der Waals surface area (Å²) in [5.74, 6) is 0. The third-order valence-electron chi connectivity index (χ3n) is 2.85. The molecule has 0 amide bonds. The Morgan fingerprint density at radius 1 is 1.00 bits per heavy atom. The first-order chi connectivity index (χ1) is 5.36. The van der Waals surface area contributed by atoms with Gasteiger partial charge in [0, 0.05) is 0 Å². The van der Waals surface area contributed by atoms with E-state index in [0.717, 1.165) is 19.3 Å². The average molecular weight is 156 g/mol. The highest BCUT2D eigenvalue weighted by atomic mass is 16.5. The quantitative estimate of drug-likeness (QED) is 0.575. The van der Waals surface area contributed by atoms with Crippen LogP contribution in [0.1, 0.15) is 38.5 Å². The van der Waals surface area contributed by atoms with Gasteiger partial charge in [0.1, 0.15) is 0 Å². The molecule has 2 heteroatoms. The van der Waals surface area contributed by atoms with Gasteiger partial charge in [-0.05, 0) is 25.7 Å². The molecular weight excluding hydrogens is 140 g/mol. The molecule has 0 aromatic rings. The van der Waals surface area contributed by atoms with Gasteiger partial charge >= 0.3 is 0 Å². The first-order valence-electron chi connectivity index (χ1n) is 4.70. The van der Waals surface area contributed by atoms with Crippen molar-refractivity contribution in [2.75, 3.05) is 0 Å². The van der Waals surface area contributed by atoms with Crippen molar-refractivity contribution in [2.24, 2.45) is 0 Å². The zero-order chi connectivity index (χ0) is 7.68. The Morgan fingerprint density at radius 2 is 1.82 bits per heavy atom. The van der Waals surface area contributed by atoms with Gasteiger partial charge in [-0.25, -0.2) is 0 Å². The highest BCUT2D eigenvalue weighted by Crippen LogP contribution is 2.29. The minimum absolute atomic E-state index is 0.163. The third kappa shape index (κ3) is 1.57. The summed E-state index contributed by atoms with van der Waals surface area (Å²) in [7, 11) is 0. The van der Waals surface area contributed by atoms with E-state index in [1.54, 1.807) is 0 Å². The second-order valence-corrected chi connectivity index (χ2v) is 3.73. The molecule has 2 rings (SSSR count). The summed E-state index contributed by atoms with van der Waals surface area (Å²) in [6, 6.07) is 0. The molecule has 3 atom stereocenters. The van der Waals surface area contributed by atoms with Gasteiger partial charge in [-0.1, -0.05) is 12.8 Å². The van der Waals surface area contributed by atoms with Crippen LogP contribution < -0.4 is 0 Å². The summed E-state index contributed by atoms with van der Waals surface area (Å²) >= 11 is 0. The van der Waals surface area contributed by atoms with Crippen molar-refractivity contribution in [3.63, 3.8) is 0 Å². The highest BCUT2D eigenvalue weighted by Gasteiger charge is 2.30. The Kier molecular flexibility index (Phi) is 2.14. The molecule has 2 aliphatic rings. The lowest BCUT2D eigenvalue weighted by Crippen LogP contribution is -2.37. The van der Waals surface area contributed by atoms with Gasteiger partial charge in [-0.15, -0.1) is 0 Å². The average Bonchev–Trinajstić information content (AvgIpc) is 2.21. The molecule has 2 aliphatic heterocycles. The normalized spacial score (nSPS) is 45.0. The standard InChI is InChI=1S/C9H16O2/c10-8-6-5-7-3-1-2-4-9(8)11-7/h7-10H,1-6H2/t7-,8+,9+/m1/s1. The van der Waals surface area contributed by atoms with Crippen LogP contribution in [0.5, 0.6) is 0 Å². The van der Waals surface area contributed by atoms with Crippen LogP contribution >= 0.6 is 0 Å². The fraction of sp³-hybridized carbons (Fsp3) is 1.00. The van der Waals surface area contributed by atoms with Crippen LogP contribution in [-0.4, -0.2) is 23.4 Å². The molecule has 0 aliphatic carbocycles. The Hall–Kier alpha value is -0.0800. The van der Waals surface area contributed by atoms with Crippen LogP contribution in [0.3, 0.4) is 0 Å². The Bertz CT molecular complexity index is 136. The molecule has 11 heavy (non-hydrogen) atoms. The van der Waals surface area contributed by atoms with E-state index in [9.17, 15) is 5.11 Å². The predicted molar refractivity (Wildman–Crippen MR) is 42.4 cm³/mol. The van der Waals surface area contributed by atoms with Gasteiger partial charge in [0.25, 0.3) is 0 Å². The maximum Gasteiger partial charge on any atom is 0.0837 e. The topological polar surface area (TPSA) is 29.5 Å². The van der Waals surface area contributed by atoms with Gasteiger partial charge in [-0.2, -0.15) is 0 Å². The van der Waals surface area contributed by atoms with Crippen molar-refractivity contribution < 1.29 is 9.84 Å². The molecule has 2 bridgehead atoms. The predicted octanol–water partition coefficient (Wildman–Crippen LogP) is 1.47. The molecule has 0 spiro atoms. The van der Waals surface area contributed by atoms with E-state index < -0.39 is 0 Å². The summed E-state index contributed by atoms with van der Waals surface area (Å²) in [6.45, 7) is 0. The van der Waals surface area contributed by atoms with Gasteiger partial charge in [0.15, 0.2) is 0 Å². The smallest absolute Gasteiger partial charge is 0.0837 e. The lowest BCUT2D eigenvalue weighted by molar-refractivity contribution is -0.113. The van der Waals surface area contributed by atoms with Gasteiger partial charge < -0.3 is 9.84 Å². The van der Waals surface area contributed by atoms with E-state index in [4.69, 9.17) is 4.74 Å². The molecule has 0 unspecified atom stereocenters. The molecule has 0 aromatic heterocycles. The molecule has 64 valence electrons. The van der Waals surface area contributed by atoms with Crippen LogP contribution in [0.25, 0.3) is 0 Å². The van der Waals surface area contributed by atoms with Crippen LogP contribution in [-0.2, 0) is 4.74 Å². The molecule has 1 N–H and O–H groups in total. The van der Waals surface area contributed by atoms with E-state index >= 15 is 0 Å². The van der Waals surface area contributed by atoms with Gasteiger partial charge in [-0.3, -0.25) is 0 Å². The first kappa shape index (κ1) is 7.56. The van der Waals surface area contributed by atoms with E-state index in [-0.39, 0.29) is 12.2 Å². The largest absolute Gasteiger partial charge is 0.390 e. The van der Waals surface area contributed by atoms with E-state index in [0.29, 0.717) is 6.10 Å². The van der Waals surface area contributed by atoms with E-state index in [2.05, 4.69) is 0 Å². The summed E-state index contributed by atoms with van der Waals surface area (Å²) in [6.07, 6.45) is 7.27. The minimum atomic E-state index is -0.177. The lowest BCUT2D eigenvalue weighted by atomic mass is 10.0. The van der Waals surface area contributed by atoms with Crippen molar-refractivity contribution in [1.29, 1.82) is 0 Å². The zero-order valence-electron chi connectivity index (χ0n) is 6.83. The highest BCUT2D eigenvalue weighted by molar-refractivity contribution is 4.81. The number of hydrogen-bond donors (Lipinski definition) is 1. The van der Waals surface area contributed by atoms with Gasteiger partial charge in [0.2, 0.25) is 0 Å². The first-order valence-corrected chi connectivity index (χ1v) is 4.70. The fourth-order valence-electron chi connectivity index (χ4n) is 2.14. The van der Waals surface area contributed by atoms with Crippen LogP contribution in [0, 0.1) is 0 Å². The SMILES string of the molecule is O[C@H]1CC[C@H]2CCCC[C@@H]1O2. The molecule has 0 radical (unpaired) electrons. The van der Waals surface area contributed by atoms with Gasteiger partial charge in [0.05, 0.1) is 18.3 Å². The van der Waals surface area contributed by atoms with Crippen LogP contribution in [0.4, 0.5) is 0 Å². The van der Waals surface area contributed by atoms with Crippen molar-refractivity contribution in [1.82, 2.24) is 0 Å². The van der Waals surface area contributed by atoms with Crippen molar-refractivity contribution in [3.05, 3.63) is 0 Å². The van der Waals surface area contributed by atoms with Crippen molar-refractivity contribution in [2.45, 2.75) is 56.8 Å². The Morgan fingerprint density at radius 3 is 2.73 bits per heavy atom. The molecular formula is C9H16O2. The Labute approximate surface area is 67.6 Å². The summed E-state index contributed by atoms with van der Waals surface area (Å²) in [5, 5.41) is 9.52. The van der Waals surface area contributed by atoms with E-state index in [1.165, 1.54) is 19.3 Å². The zero-order valence-corrected chi connectivity index (χ0v) is 6.83. The van der Waals surface area contributed by atoms with Crippen LogP contribution in [0.2, 0.25) is 0 Å². The molecule has 2 saturated heterocycles. The second-order valence-electron chi connectivity index (χ2n) is 3.73. The molecule has 2 nitrogen and oxygen atoms in total. The van der Waals surface area contributed by atoms with Crippen LogP contribution in [0.15, 0.2) is 0 Å². The minimum Gasteiger partial charge on any atom is -0.390 e. The molecule has 0 saturated carbocycles. The third-order valence-corrected chi connectivity index (χ3v) is 2.85. The number of fused-ring (bicyclic) bond motifs is 2. The monoisotopic (exact) mass is 156 g/mol. The molecule has 0 aromatic carbocycles. The summed E-state index contributed by atoms with van der Waals surface area (Å²) < 4.78 is 5.71. The summed E-state index contributed by atoms with van der Waals surface area (Å²) in [5.41, 5.74) is 0.